The van der Waals surface area contributed by atoms with Crippen LogP contribution in [0.25, 0.3) is 0 Å². The van der Waals surface area contributed by atoms with Crippen molar-refractivity contribution >= 4 is 44.4 Å². The number of aromatic nitrogens is 1. The molecule has 0 bridgehead atoms. The Balaban J connectivity index is 1.36. The van der Waals surface area contributed by atoms with Crippen molar-refractivity contribution in [2.45, 2.75) is 51.7 Å². The summed E-state index contributed by atoms with van der Waals surface area (Å²) in [6.45, 7) is 6.63. The fourth-order valence-corrected chi connectivity index (χ4v) is 4.96. The van der Waals surface area contributed by atoms with Gasteiger partial charge in [-0.15, -0.1) is 0 Å². The van der Waals surface area contributed by atoms with Crippen molar-refractivity contribution in [2.24, 2.45) is 5.92 Å². The predicted molar refractivity (Wildman–Crippen MR) is 116 cm³/mol. The monoisotopic (exact) mass is 477 g/mol. The molecule has 29 heavy (non-hydrogen) atoms. The lowest BCUT2D eigenvalue weighted by Gasteiger charge is -2.29. The van der Waals surface area contributed by atoms with Gasteiger partial charge in [0.1, 0.15) is 5.60 Å². The molecule has 0 radical (unpaired) electrons. The van der Waals surface area contributed by atoms with E-state index in [2.05, 4.69) is 38.4 Å². The van der Waals surface area contributed by atoms with Crippen molar-refractivity contribution in [3.63, 3.8) is 0 Å². The van der Waals surface area contributed by atoms with Crippen molar-refractivity contribution < 1.29 is 14.3 Å². The zero-order valence-corrected chi connectivity index (χ0v) is 19.1. The summed E-state index contributed by atoms with van der Waals surface area (Å²) in [7, 11) is 0. The maximum Gasteiger partial charge on any atom is 0.410 e. The van der Waals surface area contributed by atoms with Crippen LogP contribution < -0.4 is 5.32 Å². The summed E-state index contributed by atoms with van der Waals surface area (Å²) in [5, 5.41) is 3.60. The number of amides is 2. The van der Waals surface area contributed by atoms with Gasteiger partial charge in [0.15, 0.2) is 5.13 Å². The van der Waals surface area contributed by atoms with Crippen LogP contribution in [0, 0.1) is 5.92 Å². The second kappa shape index (κ2) is 7.72. The molecule has 2 amide bonds. The highest BCUT2D eigenvalue weighted by molar-refractivity contribution is 9.10. The third kappa shape index (κ3) is 4.80. The van der Waals surface area contributed by atoms with Crippen LogP contribution >= 0.6 is 27.3 Å². The molecular weight excluding hydrogens is 454 g/mol. The molecule has 4 rings (SSSR count). The van der Waals surface area contributed by atoms with E-state index in [4.69, 9.17) is 4.74 Å². The van der Waals surface area contributed by atoms with Crippen LogP contribution in [0.15, 0.2) is 28.7 Å². The lowest BCUT2D eigenvalue weighted by Crippen LogP contribution is -2.39. The normalized spacial score (nSPS) is 20.8. The largest absolute Gasteiger partial charge is 0.444 e. The van der Waals surface area contributed by atoms with E-state index in [1.54, 1.807) is 4.90 Å². The number of benzene rings is 1. The third-order valence-corrected chi connectivity index (χ3v) is 6.51. The molecular formula is C21H24BrN3O3S. The van der Waals surface area contributed by atoms with E-state index in [0.29, 0.717) is 24.6 Å². The average Bonchev–Trinajstić information content (AvgIpc) is 3.34. The number of rotatable bonds is 3. The van der Waals surface area contributed by atoms with E-state index in [-0.39, 0.29) is 23.8 Å². The SMILES string of the molecule is CC(C)(C)OC(=O)N1CCc2nc(NC(=O)C3CC3c3cccc(Br)c3)sc2C1. The molecule has 0 spiro atoms. The molecule has 8 heteroatoms. The standard InChI is InChI=1S/C21H24BrN3O3S/c1-21(2,3)28-20(27)25-8-7-16-17(11-25)29-19(23-16)24-18(26)15-10-14(15)12-5-4-6-13(22)9-12/h4-6,9,14-15H,7-8,10-11H2,1-3H3,(H,23,24,26). The van der Waals surface area contributed by atoms with Crippen LogP contribution in [-0.4, -0.2) is 34.0 Å². The molecule has 1 fully saturated rings. The quantitative estimate of drug-likeness (QED) is 0.679. The van der Waals surface area contributed by atoms with Gasteiger partial charge >= 0.3 is 6.09 Å². The van der Waals surface area contributed by atoms with Crippen LogP contribution in [0.1, 0.15) is 49.2 Å². The summed E-state index contributed by atoms with van der Waals surface area (Å²) in [5.74, 6) is 0.276. The van der Waals surface area contributed by atoms with Crippen LogP contribution in [-0.2, 0) is 22.5 Å². The Kier molecular flexibility index (Phi) is 5.42. The summed E-state index contributed by atoms with van der Waals surface area (Å²) in [6, 6.07) is 8.13. The molecule has 2 aromatic rings. The van der Waals surface area contributed by atoms with Gasteiger partial charge in [0.25, 0.3) is 0 Å². The summed E-state index contributed by atoms with van der Waals surface area (Å²) < 4.78 is 6.49. The van der Waals surface area contributed by atoms with Gasteiger partial charge in [0.2, 0.25) is 5.91 Å². The molecule has 1 saturated carbocycles. The van der Waals surface area contributed by atoms with E-state index in [0.717, 1.165) is 21.5 Å². The number of nitrogens with one attached hydrogen (secondary N) is 1. The van der Waals surface area contributed by atoms with Gasteiger partial charge in [0, 0.05) is 28.2 Å². The number of thiazole rings is 1. The zero-order chi connectivity index (χ0) is 20.8. The Morgan fingerprint density at radius 1 is 1.34 bits per heavy atom. The number of halogens is 1. The number of nitrogens with zero attached hydrogens (tertiary/aromatic N) is 2. The molecule has 1 aliphatic heterocycles. The Labute approximate surface area is 182 Å². The fourth-order valence-electron chi connectivity index (χ4n) is 3.52. The number of anilines is 1. The molecule has 154 valence electrons. The lowest BCUT2D eigenvalue weighted by atomic mass is 10.1. The molecule has 1 aliphatic carbocycles. The van der Waals surface area contributed by atoms with Gasteiger partial charge < -0.3 is 15.0 Å². The Morgan fingerprint density at radius 2 is 2.14 bits per heavy atom. The van der Waals surface area contributed by atoms with Crippen LogP contribution in [0.4, 0.5) is 9.93 Å². The molecule has 2 aliphatic rings. The van der Waals surface area contributed by atoms with Crippen molar-refractivity contribution in [1.82, 2.24) is 9.88 Å². The van der Waals surface area contributed by atoms with E-state index in [1.807, 2.05) is 32.9 Å². The molecule has 6 nitrogen and oxygen atoms in total. The van der Waals surface area contributed by atoms with Crippen molar-refractivity contribution in [2.75, 3.05) is 11.9 Å². The first-order valence-electron chi connectivity index (χ1n) is 9.72. The first kappa shape index (κ1) is 20.3. The maximum absolute atomic E-state index is 12.6. The Morgan fingerprint density at radius 3 is 2.86 bits per heavy atom. The van der Waals surface area contributed by atoms with Gasteiger partial charge in [-0.25, -0.2) is 9.78 Å². The van der Waals surface area contributed by atoms with E-state index >= 15 is 0 Å². The molecule has 1 aromatic carbocycles. The molecule has 1 aromatic heterocycles. The second-order valence-electron chi connectivity index (χ2n) is 8.53. The Bertz CT molecular complexity index is 953. The van der Waals surface area contributed by atoms with E-state index in [9.17, 15) is 9.59 Å². The number of ether oxygens (including phenoxy) is 1. The lowest BCUT2D eigenvalue weighted by molar-refractivity contribution is -0.117. The number of hydrogen-bond donors (Lipinski definition) is 1. The number of fused-ring (bicyclic) bond motifs is 1. The summed E-state index contributed by atoms with van der Waals surface area (Å²) >= 11 is 4.93. The van der Waals surface area contributed by atoms with Gasteiger partial charge in [-0.1, -0.05) is 39.4 Å². The number of carbonyl (C=O) groups excluding carboxylic acids is 2. The van der Waals surface area contributed by atoms with Crippen molar-refractivity contribution in [3.05, 3.63) is 44.9 Å². The van der Waals surface area contributed by atoms with Gasteiger partial charge in [-0.2, -0.15) is 0 Å². The Hall–Kier alpha value is -1.93. The molecule has 2 heterocycles. The van der Waals surface area contributed by atoms with E-state index in [1.165, 1.54) is 16.9 Å². The van der Waals surface area contributed by atoms with Crippen molar-refractivity contribution in [1.29, 1.82) is 0 Å². The highest BCUT2D eigenvalue weighted by atomic mass is 79.9. The fraction of sp³-hybridized carbons (Fsp3) is 0.476. The van der Waals surface area contributed by atoms with Crippen LogP contribution in [0.3, 0.4) is 0 Å². The first-order chi connectivity index (χ1) is 13.7. The molecule has 0 saturated heterocycles. The summed E-state index contributed by atoms with van der Waals surface area (Å²) in [6.07, 6.45) is 1.22. The van der Waals surface area contributed by atoms with Crippen molar-refractivity contribution in [3.8, 4) is 0 Å². The molecule has 2 atom stereocenters. The summed E-state index contributed by atoms with van der Waals surface area (Å²) in [5.41, 5.74) is 1.63. The average molecular weight is 478 g/mol. The topological polar surface area (TPSA) is 71.5 Å². The maximum atomic E-state index is 12.6. The molecule has 2 unspecified atom stereocenters. The minimum absolute atomic E-state index is 0.0107. The highest BCUT2D eigenvalue weighted by Gasteiger charge is 2.44. The summed E-state index contributed by atoms with van der Waals surface area (Å²) in [4.78, 5) is 32.2. The minimum atomic E-state index is -0.515. The van der Waals surface area contributed by atoms with Gasteiger partial charge in [-0.3, -0.25) is 4.79 Å². The smallest absolute Gasteiger partial charge is 0.410 e. The van der Waals surface area contributed by atoms with Crippen LogP contribution in [0.2, 0.25) is 0 Å². The predicted octanol–water partition coefficient (Wildman–Crippen LogP) is 4.94. The van der Waals surface area contributed by atoms with E-state index < -0.39 is 5.60 Å². The first-order valence-corrected chi connectivity index (χ1v) is 11.3. The number of carbonyl (C=O) groups is 2. The van der Waals surface area contributed by atoms with Gasteiger partial charge in [-0.05, 0) is 50.8 Å². The van der Waals surface area contributed by atoms with Gasteiger partial charge in [0.05, 0.1) is 12.2 Å². The second-order valence-corrected chi connectivity index (χ2v) is 10.5. The zero-order valence-electron chi connectivity index (χ0n) is 16.7. The third-order valence-electron chi connectivity index (χ3n) is 5.02. The highest BCUT2D eigenvalue weighted by Crippen LogP contribution is 2.48. The minimum Gasteiger partial charge on any atom is -0.444 e. The number of hydrogen-bond acceptors (Lipinski definition) is 5. The molecule has 1 N–H and O–H groups in total. The van der Waals surface area contributed by atoms with Crippen LogP contribution in [0.5, 0.6) is 0 Å².